The van der Waals surface area contributed by atoms with E-state index in [4.69, 9.17) is 14.6 Å². The minimum Gasteiger partial charge on any atom is -0.497 e. The minimum absolute atomic E-state index is 0.242. The summed E-state index contributed by atoms with van der Waals surface area (Å²) in [5, 5.41) is 11.7. The fraction of sp³-hybridized carbons (Fsp3) is 0.294. The Morgan fingerprint density at radius 2 is 1.83 bits per heavy atom. The molecule has 0 aliphatic carbocycles. The van der Waals surface area contributed by atoms with Gasteiger partial charge in [-0.2, -0.15) is 0 Å². The van der Waals surface area contributed by atoms with Crippen LogP contribution in [0.2, 0.25) is 0 Å². The number of hydrogen-bond donors (Lipinski definition) is 2. The molecule has 2 aromatic rings. The first-order valence-corrected chi connectivity index (χ1v) is 8.02. The molecule has 7 heteroatoms. The van der Waals surface area contributed by atoms with E-state index in [0.29, 0.717) is 0 Å². The number of carboxylic acids is 1. The molecule has 0 bridgehead atoms. The summed E-state index contributed by atoms with van der Waals surface area (Å²) in [6.07, 6.45) is 0. The van der Waals surface area contributed by atoms with E-state index in [1.54, 1.807) is 7.11 Å². The summed E-state index contributed by atoms with van der Waals surface area (Å²) < 4.78 is 9.96. The Labute approximate surface area is 144 Å². The maximum atomic E-state index is 12.0. The number of ether oxygens (including phenoxy) is 2. The van der Waals surface area contributed by atoms with Gasteiger partial charge < -0.3 is 19.9 Å². The van der Waals surface area contributed by atoms with Gasteiger partial charge in [-0.1, -0.05) is 0 Å². The van der Waals surface area contributed by atoms with E-state index in [-0.39, 0.29) is 6.54 Å². The molecular weight excluding hydrogens is 330 g/mol. The number of carboxylic acid groups (broad SMARTS) is 1. The standard InChI is InChI=1S/C17H19NO5S/c1-17(23-3,16(20)21)15(19)18-10-13-8-9-14(24-13)11-4-6-12(22-2)7-5-11/h4-9H,10H2,1-3H3,(H,18,19)(H,20,21). The van der Waals surface area contributed by atoms with Crippen LogP contribution in [-0.2, 0) is 20.9 Å². The Morgan fingerprint density at radius 1 is 1.17 bits per heavy atom. The lowest BCUT2D eigenvalue weighted by Crippen LogP contribution is -2.51. The number of aliphatic carboxylic acids is 1. The van der Waals surface area contributed by atoms with Gasteiger partial charge in [0.05, 0.1) is 13.7 Å². The zero-order chi connectivity index (χ0) is 17.7. The van der Waals surface area contributed by atoms with E-state index < -0.39 is 17.5 Å². The summed E-state index contributed by atoms with van der Waals surface area (Å²) in [5.74, 6) is -1.22. The lowest BCUT2D eigenvalue weighted by atomic mass is 10.1. The fourth-order valence-electron chi connectivity index (χ4n) is 2.00. The van der Waals surface area contributed by atoms with Crippen molar-refractivity contribution in [2.24, 2.45) is 0 Å². The molecule has 0 fully saturated rings. The summed E-state index contributed by atoms with van der Waals surface area (Å²) in [6.45, 7) is 1.47. The molecule has 0 spiro atoms. The highest BCUT2D eigenvalue weighted by Crippen LogP contribution is 2.29. The largest absolute Gasteiger partial charge is 0.497 e. The first kappa shape index (κ1) is 18.0. The quantitative estimate of drug-likeness (QED) is 0.751. The third-order valence-electron chi connectivity index (χ3n) is 3.71. The molecule has 128 valence electrons. The topological polar surface area (TPSA) is 84.9 Å². The Bertz CT molecular complexity index is 725. The number of hydrogen-bond acceptors (Lipinski definition) is 5. The second-order valence-corrected chi connectivity index (χ2v) is 6.39. The highest BCUT2D eigenvalue weighted by atomic mass is 32.1. The first-order valence-electron chi connectivity index (χ1n) is 7.20. The molecule has 0 aliphatic heterocycles. The van der Waals surface area contributed by atoms with E-state index in [1.165, 1.54) is 25.4 Å². The van der Waals surface area contributed by atoms with Crippen molar-refractivity contribution in [3.05, 3.63) is 41.3 Å². The molecule has 1 aromatic carbocycles. The molecule has 2 rings (SSSR count). The van der Waals surface area contributed by atoms with E-state index in [2.05, 4.69) is 5.32 Å². The van der Waals surface area contributed by atoms with E-state index in [9.17, 15) is 9.59 Å². The van der Waals surface area contributed by atoms with Crippen molar-refractivity contribution in [2.45, 2.75) is 19.1 Å². The van der Waals surface area contributed by atoms with Crippen LogP contribution in [0.4, 0.5) is 0 Å². The Morgan fingerprint density at radius 3 is 2.38 bits per heavy atom. The number of carbonyl (C=O) groups is 2. The third-order valence-corrected chi connectivity index (χ3v) is 4.84. The van der Waals surface area contributed by atoms with Gasteiger partial charge in [0.1, 0.15) is 5.75 Å². The van der Waals surface area contributed by atoms with Gasteiger partial charge in [0.25, 0.3) is 5.91 Å². The van der Waals surface area contributed by atoms with Crippen molar-refractivity contribution in [1.29, 1.82) is 0 Å². The number of benzene rings is 1. The second-order valence-electron chi connectivity index (χ2n) is 5.22. The molecular formula is C17H19NO5S. The minimum atomic E-state index is -1.89. The van der Waals surface area contributed by atoms with Gasteiger partial charge in [-0.3, -0.25) is 4.79 Å². The van der Waals surface area contributed by atoms with Gasteiger partial charge in [-0.15, -0.1) is 11.3 Å². The SMILES string of the molecule is COc1ccc(-c2ccc(CNC(=O)C(C)(OC)C(=O)O)s2)cc1. The predicted octanol–water partition coefficient (Wildman–Crippen LogP) is 2.53. The number of carbonyl (C=O) groups excluding carboxylic acids is 1. The third kappa shape index (κ3) is 3.74. The molecule has 1 atom stereocenters. The van der Waals surface area contributed by atoms with Crippen molar-refractivity contribution in [1.82, 2.24) is 5.32 Å². The van der Waals surface area contributed by atoms with Crippen LogP contribution in [-0.4, -0.2) is 36.8 Å². The number of amides is 1. The van der Waals surface area contributed by atoms with Crippen molar-refractivity contribution in [3.63, 3.8) is 0 Å². The van der Waals surface area contributed by atoms with Crippen LogP contribution in [0, 0.1) is 0 Å². The van der Waals surface area contributed by atoms with Gasteiger partial charge in [0.2, 0.25) is 5.60 Å². The lowest BCUT2D eigenvalue weighted by molar-refractivity contribution is -0.167. The molecule has 0 aliphatic rings. The van der Waals surface area contributed by atoms with Crippen molar-refractivity contribution in [3.8, 4) is 16.2 Å². The van der Waals surface area contributed by atoms with Crippen molar-refractivity contribution >= 4 is 23.2 Å². The molecule has 0 saturated heterocycles. The van der Waals surface area contributed by atoms with Crippen LogP contribution in [0.15, 0.2) is 36.4 Å². The van der Waals surface area contributed by atoms with Crippen LogP contribution in [0.25, 0.3) is 10.4 Å². The van der Waals surface area contributed by atoms with E-state index in [1.807, 2.05) is 36.4 Å². The summed E-state index contributed by atoms with van der Waals surface area (Å²) in [4.78, 5) is 25.2. The van der Waals surface area contributed by atoms with Crippen molar-refractivity contribution in [2.75, 3.05) is 14.2 Å². The maximum absolute atomic E-state index is 12.0. The molecule has 1 aromatic heterocycles. The molecule has 0 saturated carbocycles. The van der Waals surface area contributed by atoms with Crippen LogP contribution >= 0.6 is 11.3 Å². The Kier molecular flexibility index (Phi) is 5.58. The molecule has 24 heavy (non-hydrogen) atoms. The number of methoxy groups -OCH3 is 2. The van der Waals surface area contributed by atoms with E-state index in [0.717, 1.165) is 21.1 Å². The number of nitrogens with one attached hydrogen (secondary N) is 1. The normalized spacial score (nSPS) is 13.1. The number of thiophene rings is 1. The maximum Gasteiger partial charge on any atom is 0.345 e. The van der Waals surface area contributed by atoms with Gasteiger partial charge >= 0.3 is 5.97 Å². The van der Waals surface area contributed by atoms with Gasteiger partial charge in [-0.25, -0.2) is 4.79 Å². The predicted molar refractivity (Wildman–Crippen MR) is 91.2 cm³/mol. The molecule has 0 radical (unpaired) electrons. The summed E-state index contributed by atoms with van der Waals surface area (Å²) in [7, 11) is 2.81. The average molecular weight is 349 g/mol. The van der Waals surface area contributed by atoms with Gasteiger partial charge in [-0.05, 0) is 48.9 Å². The van der Waals surface area contributed by atoms with Gasteiger partial charge in [0.15, 0.2) is 0 Å². The number of rotatable bonds is 7. The fourth-order valence-corrected chi connectivity index (χ4v) is 2.95. The second kappa shape index (κ2) is 7.46. The van der Waals surface area contributed by atoms with Crippen LogP contribution < -0.4 is 10.1 Å². The molecule has 1 heterocycles. The summed E-state index contributed by atoms with van der Waals surface area (Å²) in [5.41, 5.74) is -0.846. The monoisotopic (exact) mass is 349 g/mol. The highest BCUT2D eigenvalue weighted by Gasteiger charge is 2.41. The zero-order valence-corrected chi connectivity index (χ0v) is 14.5. The molecule has 1 amide bonds. The summed E-state index contributed by atoms with van der Waals surface area (Å²) in [6, 6.07) is 11.5. The van der Waals surface area contributed by atoms with Gasteiger partial charge in [0, 0.05) is 16.9 Å². The Hall–Kier alpha value is -2.38. The van der Waals surface area contributed by atoms with Crippen molar-refractivity contribution < 1.29 is 24.2 Å². The molecule has 1 unspecified atom stereocenters. The first-order chi connectivity index (χ1) is 11.4. The van der Waals surface area contributed by atoms with Crippen LogP contribution in [0.1, 0.15) is 11.8 Å². The highest BCUT2D eigenvalue weighted by molar-refractivity contribution is 7.15. The average Bonchev–Trinajstić information content (AvgIpc) is 3.07. The van der Waals surface area contributed by atoms with Crippen LogP contribution in [0.5, 0.6) is 5.75 Å². The molecule has 6 nitrogen and oxygen atoms in total. The Balaban J connectivity index is 2.03. The van der Waals surface area contributed by atoms with E-state index >= 15 is 0 Å². The molecule has 2 N–H and O–H groups in total. The smallest absolute Gasteiger partial charge is 0.345 e. The lowest BCUT2D eigenvalue weighted by Gasteiger charge is -2.21. The zero-order valence-electron chi connectivity index (χ0n) is 13.7. The summed E-state index contributed by atoms with van der Waals surface area (Å²) >= 11 is 1.52. The van der Waals surface area contributed by atoms with Crippen LogP contribution in [0.3, 0.4) is 0 Å².